The molecular formula is C15H17BrN2OS. The second kappa shape index (κ2) is 7.02. The fraction of sp³-hybridized carbons (Fsp3) is 0.267. The van der Waals surface area contributed by atoms with E-state index in [1.807, 2.05) is 23.6 Å². The van der Waals surface area contributed by atoms with E-state index in [2.05, 4.69) is 45.6 Å². The maximum absolute atomic E-state index is 11.1. The summed E-state index contributed by atoms with van der Waals surface area (Å²) in [6, 6.07) is 10.5. The van der Waals surface area contributed by atoms with Crippen molar-refractivity contribution in [3.8, 4) is 0 Å². The summed E-state index contributed by atoms with van der Waals surface area (Å²) >= 11 is 5.13. The van der Waals surface area contributed by atoms with Gasteiger partial charge in [-0.1, -0.05) is 28.1 Å². The lowest BCUT2D eigenvalue weighted by Gasteiger charge is -2.15. The number of nitrogens with one attached hydrogen (secondary N) is 2. The molecule has 0 spiro atoms. The Balaban J connectivity index is 1.98. The molecule has 0 fully saturated rings. The number of hydrogen-bond donors (Lipinski definition) is 2. The Morgan fingerprint density at radius 1 is 1.40 bits per heavy atom. The number of benzene rings is 1. The average Bonchev–Trinajstić information content (AvgIpc) is 2.82. The first-order valence-corrected chi connectivity index (χ1v) is 8.06. The van der Waals surface area contributed by atoms with E-state index >= 15 is 0 Å². The molecule has 0 radical (unpaired) electrons. The molecule has 1 atom stereocenters. The third-order valence-electron chi connectivity index (χ3n) is 2.97. The van der Waals surface area contributed by atoms with Crippen LogP contribution in [0.4, 0.5) is 5.69 Å². The van der Waals surface area contributed by atoms with Crippen LogP contribution in [-0.2, 0) is 11.3 Å². The molecule has 5 heteroatoms. The molecule has 2 rings (SSSR count). The van der Waals surface area contributed by atoms with Crippen molar-refractivity contribution in [2.45, 2.75) is 26.4 Å². The summed E-state index contributed by atoms with van der Waals surface area (Å²) in [5.41, 5.74) is 2.13. The van der Waals surface area contributed by atoms with Crippen molar-refractivity contribution in [2.75, 3.05) is 5.32 Å². The van der Waals surface area contributed by atoms with Crippen LogP contribution in [0.2, 0.25) is 0 Å². The van der Waals surface area contributed by atoms with Crippen LogP contribution < -0.4 is 10.6 Å². The van der Waals surface area contributed by atoms with Crippen molar-refractivity contribution >= 4 is 38.9 Å². The number of amides is 1. The van der Waals surface area contributed by atoms with Crippen molar-refractivity contribution in [3.63, 3.8) is 0 Å². The SMILES string of the molecule is CC(=O)Nc1ccsc1CNC(C)c1cccc(Br)c1. The molecule has 1 aromatic carbocycles. The van der Waals surface area contributed by atoms with E-state index in [9.17, 15) is 4.79 Å². The highest BCUT2D eigenvalue weighted by Gasteiger charge is 2.09. The summed E-state index contributed by atoms with van der Waals surface area (Å²) in [5.74, 6) is -0.0373. The monoisotopic (exact) mass is 352 g/mol. The third-order valence-corrected chi connectivity index (χ3v) is 4.39. The lowest BCUT2D eigenvalue weighted by Crippen LogP contribution is -2.18. The summed E-state index contributed by atoms with van der Waals surface area (Å²) in [6.45, 7) is 4.40. The normalized spacial score (nSPS) is 12.2. The topological polar surface area (TPSA) is 41.1 Å². The Morgan fingerprint density at radius 3 is 2.90 bits per heavy atom. The summed E-state index contributed by atoms with van der Waals surface area (Å²) in [7, 11) is 0. The number of anilines is 1. The molecule has 1 aromatic heterocycles. The smallest absolute Gasteiger partial charge is 0.221 e. The van der Waals surface area contributed by atoms with Crippen molar-refractivity contribution in [3.05, 3.63) is 50.6 Å². The first kappa shape index (κ1) is 15.2. The number of carbonyl (C=O) groups excluding carboxylic acids is 1. The van der Waals surface area contributed by atoms with Crippen molar-refractivity contribution < 1.29 is 4.79 Å². The van der Waals surface area contributed by atoms with Crippen LogP contribution in [0.3, 0.4) is 0 Å². The Morgan fingerprint density at radius 2 is 2.20 bits per heavy atom. The van der Waals surface area contributed by atoms with Gasteiger partial charge >= 0.3 is 0 Å². The highest BCUT2D eigenvalue weighted by molar-refractivity contribution is 9.10. The summed E-state index contributed by atoms with van der Waals surface area (Å²) in [6.07, 6.45) is 0. The predicted molar refractivity (Wildman–Crippen MR) is 88.0 cm³/mol. The Kier molecular flexibility index (Phi) is 5.34. The molecule has 1 heterocycles. The van der Waals surface area contributed by atoms with E-state index in [4.69, 9.17) is 0 Å². The molecule has 0 aliphatic carbocycles. The standard InChI is InChI=1S/C15H17BrN2OS/c1-10(12-4-3-5-13(16)8-12)17-9-15-14(6-7-20-15)18-11(2)19/h3-8,10,17H,9H2,1-2H3,(H,18,19). The van der Waals surface area contributed by atoms with Gasteiger partial charge in [0.25, 0.3) is 0 Å². The van der Waals surface area contributed by atoms with Crippen LogP contribution in [0, 0.1) is 0 Å². The van der Waals surface area contributed by atoms with Crippen LogP contribution in [0.25, 0.3) is 0 Å². The van der Waals surface area contributed by atoms with E-state index in [-0.39, 0.29) is 11.9 Å². The molecule has 2 N–H and O–H groups in total. The van der Waals surface area contributed by atoms with Gasteiger partial charge in [0.2, 0.25) is 5.91 Å². The van der Waals surface area contributed by atoms with E-state index < -0.39 is 0 Å². The van der Waals surface area contributed by atoms with Gasteiger partial charge in [0, 0.05) is 28.9 Å². The van der Waals surface area contributed by atoms with E-state index in [1.165, 1.54) is 12.5 Å². The average molecular weight is 353 g/mol. The molecule has 0 bridgehead atoms. The molecule has 1 amide bonds. The molecule has 20 heavy (non-hydrogen) atoms. The largest absolute Gasteiger partial charge is 0.325 e. The number of halogens is 1. The van der Waals surface area contributed by atoms with Crippen molar-refractivity contribution in [2.24, 2.45) is 0 Å². The lowest BCUT2D eigenvalue weighted by molar-refractivity contribution is -0.114. The lowest BCUT2D eigenvalue weighted by atomic mass is 10.1. The second-order valence-electron chi connectivity index (χ2n) is 4.60. The minimum Gasteiger partial charge on any atom is -0.325 e. The molecule has 1 unspecified atom stereocenters. The fourth-order valence-electron chi connectivity index (χ4n) is 1.92. The second-order valence-corrected chi connectivity index (χ2v) is 6.51. The fourth-order valence-corrected chi connectivity index (χ4v) is 3.12. The molecule has 0 aliphatic heterocycles. The molecule has 0 saturated carbocycles. The zero-order valence-corrected chi connectivity index (χ0v) is 13.8. The van der Waals surface area contributed by atoms with E-state index in [1.54, 1.807) is 11.3 Å². The van der Waals surface area contributed by atoms with Gasteiger partial charge in [-0.25, -0.2) is 0 Å². The molecule has 106 valence electrons. The summed E-state index contributed by atoms with van der Waals surface area (Å²) in [5, 5.41) is 8.32. The summed E-state index contributed by atoms with van der Waals surface area (Å²) in [4.78, 5) is 12.3. The number of hydrogen-bond acceptors (Lipinski definition) is 3. The number of thiophene rings is 1. The highest BCUT2D eigenvalue weighted by Crippen LogP contribution is 2.24. The Bertz CT molecular complexity index is 597. The van der Waals surface area contributed by atoms with E-state index in [0.717, 1.165) is 21.6 Å². The van der Waals surface area contributed by atoms with Gasteiger partial charge in [-0.15, -0.1) is 11.3 Å². The highest BCUT2D eigenvalue weighted by atomic mass is 79.9. The van der Waals surface area contributed by atoms with Gasteiger partial charge in [0.15, 0.2) is 0 Å². The van der Waals surface area contributed by atoms with Crippen LogP contribution >= 0.6 is 27.3 Å². The zero-order chi connectivity index (χ0) is 14.5. The number of carbonyl (C=O) groups is 1. The minimum absolute atomic E-state index is 0.0373. The predicted octanol–water partition coefficient (Wildman–Crippen LogP) is 4.32. The van der Waals surface area contributed by atoms with Crippen molar-refractivity contribution in [1.82, 2.24) is 5.32 Å². The van der Waals surface area contributed by atoms with Crippen LogP contribution in [0.5, 0.6) is 0 Å². The maximum Gasteiger partial charge on any atom is 0.221 e. The number of rotatable bonds is 5. The maximum atomic E-state index is 11.1. The van der Waals surface area contributed by atoms with Gasteiger partial charge in [0.05, 0.1) is 5.69 Å². The van der Waals surface area contributed by atoms with E-state index in [0.29, 0.717) is 0 Å². The first-order valence-electron chi connectivity index (χ1n) is 6.39. The molecular weight excluding hydrogens is 336 g/mol. The van der Waals surface area contributed by atoms with Gasteiger partial charge in [-0.05, 0) is 36.1 Å². The Hall–Kier alpha value is -1.17. The molecule has 2 aromatic rings. The van der Waals surface area contributed by atoms with Gasteiger partial charge in [-0.3, -0.25) is 4.79 Å². The summed E-state index contributed by atoms with van der Waals surface area (Å²) < 4.78 is 1.08. The quantitative estimate of drug-likeness (QED) is 0.841. The van der Waals surface area contributed by atoms with Crippen LogP contribution in [-0.4, -0.2) is 5.91 Å². The van der Waals surface area contributed by atoms with Gasteiger partial charge < -0.3 is 10.6 Å². The van der Waals surface area contributed by atoms with Gasteiger partial charge in [0.1, 0.15) is 0 Å². The zero-order valence-electron chi connectivity index (χ0n) is 11.4. The van der Waals surface area contributed by atoms with Crippen molar-refractivity contribution in [1.29, 1.82) is 0 Å². The molecule has 0 aliphatic rings. The molecule has 3 nitrogen and oxygen atoms in total. The first-order chi connectivity index (χ1) is 9.56. The Labute approximate surface area is 131 Å². The van der Waals surface area contributed by atoms with Crippen LogP contribution in [0.1, 0.15) is 30.3 Å². The minimum atomic E-state index is -0.0373. The molecule has 0 saturated heterocycles. The van der Waals surface area contributed by atoms with Gasteiger partial charge in [-0.2, -0.15) is 0 Å². The third kappa shape index (κ3) is 4.16. The van der Waals surface area contributed by atoms with Crippen LogP contribution in [0.15, 0.2) is 40.2 Å².